The van der Waals surface area contributed by atoms with Gasteiger partial charge in [0.1, 0.15) is 0 Å². The Labute approximate surface area is 106 Å². The number of rotatable bonds is 5. The van der Waals surface area contributed by atoms with Gasteiger partial charge in [0.05, 0.1) is 6.10 Å². The molecule has 1 aromatic carbocycles. The van der Waals surface area contributed by atoms with Crippen LogP contribution in [0.1, 0.15) is 30.1 Å². The molecule has 0 spiro atoms. The molecule has 1 aromatic rings. The molecular formula is C12H17ClN2O2. The summed E-state index contributed by atoms with van der Waals surface area (Å²) in [5.74, 6) is -0.204. The van der Waals surface area contributed by atoms with Crippen LogP contribution in [-0.4, -0.2) is 23.7 Å². The summed E-state index contributed by atoms with van der Waals surface area (Å²) in [7, 11) is 0. The maximum absolute atomic E-state index is 11.7. The third-order valence-corrected chi connectivity index (χ3v) is 2.48. The van der Waals surface area contributed by atoms with E-state index in [1.54, 1.807) is 25.1 Å². The number of halogens is 1. The molecule has 4 nitrogen and oxygen atoms in total. The molecule has 1 atom stereocenters. The second-order valence-corrected chi connectivity index (χ2v) is 4.46. The van der Waals surface area contributed by atoms with Gasteiger partial charge in [-0.3, -0.25) is 4.79 Å². The number of hydrogen-bond acceptors (Lipinski definition) is 3. The molecule has 94 valence electrons. The minimum atomic E-state index is -0.339. The monoisotopic (exact) mass is 256 g/mol. The highest BCUT2D eigenvalue weighted by atomic mass is 35.5. The number of hydrogen-bond donors (Lipinski definition) is 3. The van der Waals surface area contributed by atoms with Crippen LogP contribution in [0.3, 0.4) is 0 Å². The summed E-state index contributed by atoms with van der Waals surface area (Å²) in [5, 5.41) is 12.2. The van der Waals surface area contributed by atoms with Crippen molar-refractivity contribution in [2.45, 2.75) is 25.9 Å². The van der Waals surface area contributed by atoms with E-state index in [9.17, 15) is 4.79 Å². The minimum Gasteiger partial charge on any atom is -0.399 e. The van der Waals surface area contributed by atoms with E-state index in [1.165, 1.54) is 0 Å². The van der Waals surface area contributed by atoms with E-state index in [0.717, 1.165) is 6.42 Å². The van der Waals surface area contributed by atoms with Gasteiger partial charge in [0.15, 0.2) is 0 Å². The first kappa shape index (κ1) is 13.8. The third kappa shape index (κ3) is 5.06. The zero-order chi connectivity index (χ0) is 12.8. The van der Waals surface area contributed by atoms with Crippen molar-refractivity contribution >= 4 is 23.2 Å². The summed E-state index contributed by atoms with van der Waals surface area (Å²) in [6.07, 6.45) is 1.06. The second-order valence-electron chi connectivity index (χ2n) is 4.02. The molecule has 0 aliphatic heterocycles. The lowest BCUT2D eigenvalue weighted by atomic mass is 10.2. The van der Waals surface area contributed by atoms with Crippen molar-refractivity contribution in [1.82, 2.24) is 5.32 Å². The first-order chi connectivity index (χ1) is 7.99. The molecule has 0 bridgehead atoms. The van der Waals surface area contributed by atoms with Crippen LogP contribution >= 0.6 is 11.6 Å². The Bertz CT molecular complexity index is 374. The lowest BCUT2D eigenvalue weighted by Gasteiger charge is -2.07. The number of anilines is 1. The van der Waals surface area contributed by atoms with Crippen molar-refractivity contribution in [2.75, 3.05) is 12.3 Å². The second kappa shape index (κ2) is 6.47. The Morgan fingerprint density at radius 3 is 2.82 bits per heavy atom. The average molecular weight is 257 g/mol. The molecule has 1 amide bonds. The van der Waals surface area contributed by atoms with Crippen molar-refractivity contribution in [3.05, 3.63) is 28.8 Å². The van der Waals surface area contributed by atoms with E-state index in [0.29, 0.717) is 29.2 Å². The normalized spacial score (nSPS) is 12.2. The van der Waals surface area contributed by atoms with Crippen LogP contribution in [0.4, 0.5) is 5.69 Å². The minimum absolute atomic E-state index is 0.204. The number of carbonyl (C=O) groups excluding carboxylic acids is 1. The molecule has 0 aliphatic carbocycles. The molecule has 0 fully saturated rings. The van der Waals surface area contributed by atoms with Crippen LogP contribution in [0.25, 0.3) is 0 Å². The highest BCUT2D eigenvalue weighted by molar-refractivity contribution is 6.31. The van der Waals surface area contributed by atoms with Gasteiger partial charge in [-0.15, -0.1) is 0 Å². The van der Waals surface area contributed by atoms with E-state index in [2.05, 4.69) is 5.32 Å². The van der Waals surface area contributed by atoms with Gasteiger partial charge < -0.3 is 16.2 Å². The Morgan fingerprint density at radius 1 is 1.53 bits per heavy atom. The molecular weight excluding hydrogens is 240 g/mol. The summed E-state index contributed by atoms with van der Waals surface area (Å²) >= 11 is 5.80. The SMILES string of the molecule is CC(O)CCCNC(=O)c1cc(N)cc(Cl)c1. The number of benzene rings is 1. The Balaban J connectivity index is 2.47. The molecule has 4 N–H and O–H groups in total. The van der Waals surface area contributed by atoms with Crippen LogP contribution in [0.5, 0.6) is 0 Å². The fourth-order valence-corrected chi connectivity index (χ4v) is 1.69. The Hall–Kier alpha value is -1.26. The summed E-state index contributed by atoms with van der Waals surface area (Å²) in [6.45, 7) is 2.25. The zero-order valence-corrected chi connectivity index (χ0v) is 10.5. The summed E-state index contributed by atoms with van der Waals surface area (Å²) in [6, 6.07) is 4.74. The smallest absolute Gasteiger partial charge is 0.251 e. The van der Waals surface area contributed by atoms with Crippen LogP contribution in [0, 0.1) is 0 Å². The topological polar surface area (TPSA) is 75.3 Å². The lowest BCUT2D eigenvalue weighted by Crippen LogP contribution is -2.25. The number of nitrogens with two attached hydrogens (primary N) is 1. The van der Waals surface area contributed by atoms with E-state index < -0.39 is 0 Å². The van der Waals surface area contributed by atoms with Crippen LogP contribution in [0.15, 0.2) is 18.2 Å². The van der Waals surface area contributed by atoms with Gasteiger partial charge in [-0.05, 0) is 38.0 Å². The third-order valence-electron chi connectivity index (χ3n) is 2.27. The average Bonchev–Trinajstić information content (AvgIpc) is 2.22. The van der Waals surface area contributed by atoms with E-state index in [-0.39, 0.29) is 12.0 Å². The Morgan fingerprint density at radius 2 is 2.24 bits per heavy atom. The van der Waals surface area contributed by atoms with Crippen molar-refractivity contribution in [2.24, 2.45) is 0 Å². The number of nitrogen functional groups attached to an aromatic ring is 1. The van der Waals surface area contributed by atoms with Gasteiger partial charge in [0.25, 0.3) is 5.91 Å². The molecule has 0 aliphatic rings. The van der Waals surface area contributed by atoms with Crippen LogP contribution in [-0.2, 0) is 0 Å². The highest BCUT2D eigenvalue weighted by Crippen LogP contribution is 2.16. The molecule has 17 heavy (non-hydrogen) atoms. The fourth-order valence-electron chi connectivity index (χ4n) is 1.44. The molecule has 0 saturated carbocycles. The van der Waals surface area contributed by atoms with Crippen molar-refractivity contribution in [3.63, 3.8) is 0 Å². The molecule has 0 aromatic heterocycles. The predicted octanol–water partition coefficient (Wildman–Crippen LogP) is 1.81. The van der Waals surface area contributed by atoms with Crippen molar-refractivity contribution in [3.8, 4) is 0 Å². The highest BCUT2D eigenvalue weighted by Gasteiger charge is 2.06. The van der Waals surface area contributed by atoms with E-state index in [1.807, 2.05) is 0 Å². The standard InChI is InChI=1S/C12H17ClN2O2/c1-8(16)3-2-4-15-12(17)9-5-10(13)7-11(14)6-9/h5-8,16H,2-4,14H2,1H3,(H,15,17). The van der Waals surface area contributed by atoms with E-state index in [4.69, 9.17) is 22.4 Å². The van der Waals surface area contributed by atoms with Gasteiger partial charge >= 0.3 is 0 Å². The van der Waals surface area contributed by atoms with Crippen molar-refractivity contribution in [1.29, 1.82) is 0 Å². The number of aliphatic hydroxyl groups is 1. The molecule has 1 unspecified atom stereocenters. The lowest BCUT2D eigenvalue weighted by molar-refractivity contribution is 0.0949. The first-order valence-electron chi connectivity index (χ1n) is 5.51. The van der Waals surface area contributed by atoms with Crippen LogP contribution in [0.2, 0.25) is 5.02 Å². The molecule has 1 rings (SSSR count). The number of carbonyl (C=O) groups is 1. The molecule has 5 heteroatoms. The summed E-state index contributed by atoms with van der Waals surface area (Å²) < 4.78 is 0. The summed E-state index contributed by atoms with van der Waals surface area (Å²) in [5.41, 5.74) is 6.51. The van der Waals surface area contributed by atoms with Gasteiger partial charge in [-0.25, -0.2) is 0 Å². The predicted molar refractivity (Wildman–Crippen MR) is 69.1 cm³/mol. The maximum atomic E-state index is 11.7. The zero-order valence-electron chi connectivity index (χ0n) is 9.74. The van der Waals surface area contributed by atoms with E-state index >= 15 is 0 Å². The van der Waals surface area contributed by atoms with Gasteiger partial charge in [-0.1, -0.05) is 11.6 Å². The number of aliphatic hydroxyl groups excluding tert-OH is 1. The van der Waals surface area contributed by atoms with Gasteiger partial charge in [0.2, 0.25) is 0 Å². The fraction of sp³-hybridized carbons (Fsp3) is 0.417. The quantitative estimate of drug-likeness (QED) is 0.556. The number of nitrogens with one attached hydrogen (secondary N) is 1. The van der Waals surface area contributed by atoms with Crippen molar-refractivity contribution < 1.29 is 9.90 Å². The largest absolute Gasteiger partial charge is 0.399 e. The molecule has 0 heterocycles. The molecule has 0 saturated heterocycles. The van der Waals surface area contributed by atoms with Gasteiger partial charge in [-0.2, -0.15) is 0 Å². The molecule has 0 radical (unpaired) electrons. The maximum Gasteiger partial charge on any atom is 0.251 e. The number of amides is 1. The van der Waals surface area contributed by atoms with Crippen LogP contribution < -0.4 is 11.1 Å². The summed E-state index contributed by atoms with van der Waals surface area (Å²) in [4.78, 5) is 11.7. The first-order valence-corrected chi connectivity index (χ1v) is 5.89. The van der Waals surface area contributed by atoms with Gasteiger partial charge in [0, 0.05) is 22.8 Å². The Kier molecular flexibility index (Phi) is 5.25.